The first kappa shape index (κ1) is 9.09. The highest BCUT2D eigenvalue weighted by Gasteiger charge is 2.07. The topological polar surface area (TPSA) is 66.2 Å². The molecular formula is C8H12N2O2. The van der Waals surface area contributed by atoms with Gasteiger partial charge in [-0.3, -0.25) is 0 Å². The van der Waals surface area contributed by atoms with Crippen LogP contribution in [0.5, 0.6) is 0 Å². The van der Waals surface area contributed by atoms with E-state index < -0.39 is 6.10 Å². The monoisotopic (exact) mass is 168 g/mol. The molecule has 0 aliphatic carbocycles. The third kappa shape index (κ3) is 2.25. The summed E-state index contributed by atoms with van der Waals surface area (Å²) in [4.78, 5) is 7.92. The zero-order valence-corrected chi connectivity index (χ0v) is 6.94. The Labute approximate surface area is 70.9 Å². The second kappa shape index (κ2) is 4.13. The highest BCUT2D eigenvalue weighted by molar-refractivity contribution is 5.04. The average Bonchev–Trinajstić information content (AvgIpc) is 2.05. The number of aryl methyl sites for hydroxylation is 1. The van der Waals surface area contributed by atoms with E-state index in [1.807, 2.05) is 0 Å². The van der Waals surface area contributed by atoms with Crippen molar-refractivity contribution in [3.8, 4) is 0 Å². The van der Waals surface area contributed by atoms with Crippen molar-refractivity contribution in [1.29, 1.82) is 0 Å². The van der Waals surface area contributed by atoms with Crippen LogP contribution in [0, 0.1) is 6.92 Å². The summed E-state index contributed by atoms with van der Waals surface area (Å²) in [5.74, 6) is 0.629. The van der Waals surface area contributed by atoms with Gasteiger partial charge < -0.3 is 10.2 Å². The molecule has 1 aromatic rings. The van der Waals surface area contributed by atoms with Crippen molar-refractivity contribution in [1.82, 2.24) is 9.97 Å². The van der Waals surface area contributed by atoms with Gasteiger partial charge in [0.1, 0.15) is 5.82 Å². The van der Waals surface area contributed by atoms with Crippen LogP contribution in [0.3, 0.4) is 0 Å². The van der Waals surface area contributed by atoms with Crippen molar-refractivity contribution in [2.75, 3.05) is 6.61 Å². The van der Waals surface area contributed by atoms with E-state index in [2.05, 4.69) is 9.97 Å². The standard InChI is InChI=1S/C8H12N2O2/c1-6-9-4-2-7(10-6)8(12)3-5-11/h2,4,8,11-12H,3,5H2,1H3/t8-/m0/s1. The molecule has 2 N–H and O–H groups in total. The summed E-state index contributed by atoms with van der Waals surface area (Å²) in [5, 5.41) is 18.0. The van der Waals surface area contributed by atoms with E-state index in [0.717, 1.165) is 0 Å². The summed E-state index contributed by atoms with van der Waals surface area (Å²) in [6.07, 6.45) is 1.23. The van der Waals surface area contributed by atoms with Gasteiger partial charge >= 0.3 is 0 Å². The Morgan fingerprint density at radius 3 is 2.92 bits per heavy atom. The molecule has 4 nitrogen and oxygen atoms in total. The molecule has 0 unspecified atom stereocenters. The first-order chi connectivity index (χ1) is 5.74. The van der Waals surface area contributed by atoms with Crippen molar-refractivity contribution in [3.05, 3.63) is 23.8 Å². The van der Waals surface area contributed by atoms with Crippen LogP contribution in [0.4, 0.5) is 0 Å². The van der Waals surface area contributed by atoms with E-state index in [0.29, 0.717) is 17.9 Å². The molecule has 12 heavy (non-hydrogen) atoms. The number of hydrogen-bond acceptors (Lipinski definition) is 4. The van der Waals surface area contributed by atoms with E-state index in [1.54, 1.807) is 19.2 Å². The Kier molecular flexibility index (Phi) is 3.13. The fraction of sp³-hybridized carbons (Fsp3) is 0.500. The normalized spacial score (nSPS) is 12.9. The van der Waals surface area contributed by atoms with Crippen molar-refractivity contribution < 1.29 is 10.2 Å². The van der Waals surface area contributed by atoms with Gasteiger partial charge in [-0.1, -0.05) is 0 Å². The molecule has 1 aromatic heterocycles. The molecule has 66 valence electrons. The fourth-order valence-corrected chi connectivity index (χ4v) is 0.930. The van der Waals surface area contributed by atoms with Gasteiger partial charge in [-0.05, 0) is 13.0 Å². The fourth-order valence-electron chi connectivity index (χ4n) is 0.930. The van der Waals surface area contributed by atoms with E-state index in [-0.39, 0.29) is 6.61 Å². The molecule has 0 saturated carbocycles. The largest absolute Gasteiger partial charge is 0.396 e. The maximum atomic E-state index is 9.39. The second-order valence-corrected chi connectivity index (χ2v) is 2.56. The lowest BCUT2D eigenvalue weighted by Crippen LogP contribution is -2.04. The van der Waals surface area contributed by atoms with Crippen molar-refractivity contribution in [2.24, 2.45) is 0 Å². The smallest absolute Gasteiger partial charge is 0.125 e. The Bertz CT molecular complexity index is 253. The van der Waals surface area contributed by atoms with Crippen LogP contribution < -0.4 is 0 Å². The lowest BCUT2D eigenvalue weighted by atomic mass is 10.2. The molecule has 0 radical (unpaired) electrons. The van der Waals surface area contributed by atoms with Crippen molar-refractivity contribution >= 4 is 0 Å². The molecule has 0 aliphatic rings. The molecule has 1 heterocycles. The van der Waals surface area contributed by atoms with Crippen molar-refractivity contribution in [3.63, 3.8) is 0 Å². The number of aromatic nitrogens is 2. The zero-order valence-electron chi connectivity index (χ0n) is 6.94. The molecule has 0 aliphatic heterocycles. The molecule has 0 saturated heterocycles. The quantitative estimate of drug-likeness (QED) is 0.676. The number of hydrogen-bond donors (Lipinski definition) is 2. The Morgan fingerprint density at radius 1 is 1.58 bits per heavy atom. The minimum atomic E-state index is -0.684. The van der Waals surface area contributed by atoms with Gasteiger partial charge in [-0.15, -0.1) is 0 Å². The van der Waals surface area contributed by atoms with E-state index >= 15 is 0 Å². The summed E-state index contributed by atoms with van der Waals surface area (Å²) in [6.45, 7) is 1.72. The second-order valence-electron chi connectivity index (χ2n) is 2.56. The molecule has 0 fully saturated rings. The number of nitrogens with zero attached hydrogens (tertiary/aromatic N) is 2. The van der Waals surface area contributed by atoms with Gasteiger partial charge in [0.05, 0.1) is 11.8 Å². The lowest BCUT2D eigenvalue weighted by Gasteiger charge is -2.07. The highest BCUT2D eigenvalue weighted by Crippen LogP contribution is 2.12. The van der Waals surface area contributed by atoms with Gasteiger partial charge in [0.25, 0.3) is 0 Å². The van der Waals surface area contributed by atoms with Gasteiger partial charge in [0, 0.05) is 19.2 Å². The van der Waals surface area contributed by atoms with E-state index in [1.165, 1.54) is 0 Å². The minimum absolute atomic E-state index is 0.0375. The highest BCUT2D eigenvalue weighted by atomic mass is 16.3. The van der Waals surface area contributed by atoms with Crippen LogP contribution in [-0.4, -0.2) is 26.8 Å². The molecular weight excluding hydrogens is 156 g/mol. The SMILES string of the molecule is Cc1nccc([C@@H](O)CCO)n1. The van der Waals surface area contributed by atoms with Crippen LogP contribution in [0.25, 0.3) is 0 Å². The summed E-state index contributed by atoms with van der Waals surface area (Å²) >= 11 is 0. The first-order valence-electron chi connectivity index (χ1n) is 3.82. The van der Waals surface area contributed by atoms with Crippen LogP contribution in [0.1, 0.15) is 24.0 Å². The third-order valence-electron chi connectivity index (χ3n) is 1.54. The van der Waals surface area contributed by atoms with Crippen LogP contribution in [0.15, 0.2) is 12.3 Å². The predicted octanol–water partition coefficient (Wildman–Crippen LogP) is 0.201. The summed E-state index contributed by atoms with van der Waals surface area (Å²) in [5.41, 5.74) is 0.566. The maximum absolute atomic E-state index is 9.39. The summed E-state index contributed by atoms with van der Waals surface area (Å²) in [6, 6.07) is 1.65. The van der Waals surface area contributed by atoms with Crippen LogP contribution in [0.2, 0.25) is 0 Å². The molecule has 1 rings (SSSR count). The minimum Gasteiger partial charge on any atom is -0.396 e. The first-order valence-corrected chi connectivity index (χ1v) is 3.82. The molecule has 1 atom stereocenters. The van der Waals surface area contributed by atoms with E-state index in [9.17, 15) is 5.11 Å². The Hall–Kier alpha value is -1.00. The maximum Gasteiger partial charge on any atom is 0.125 e. The molecule has 0 bridgehead atoms. The van der Waals surface area contributed by atoms with Crippen LogP contribution >= 0.6 is 0 Å². The number of aliphatic hydroxyl groups excluding tert-OH is 2. The molecule has 0 aromatic carbocycles. The number of rotatable bonds is 3. The summed E-state index contributed by atoms with van der Waals surface area (Å²) < 4.78 is 0. The number of aliphatic hydroxyl groups is 2. The third-order valence-corrected chi connectivity index (χ3v) is 1.54. The average molecular weight is 168 g/mol. The van der Waals surface area contributed by atoms with Gasteiger partial charge in [-0.25, -0.2) is 9.97 Å². The van der Waals surface area contributed by atoms with E-state index in [4.69, 9.17) is 5.11 Å². The van der Waals surface area contributed by atoms with Gasteiger partial charge in [-0.2, -0.15) is 0 Å². The lowest BCUT2D eigenvalue weighted by molar-refractivity contribution is 0.130. The molecule has 0 amide bonds. The Morgan fingerprint density at radius 2 is 2.33 bits per heavy atom. The van der Waals surface area contributed by atoms with Crippen molar-refractivity contribution in [2.45, 2.75) is 19.4 Å². The predicted molar refractivity (Wildman–Crippen MR) is 43.4 cm³/mol. The molecule has 4 heteroatoms. The molecule has 0 spiro atoms. The zero-order chi connectivity index (χ0) is 8.97. The van der Waals surface area contributed by atoms with Gasteiger partial charge in [0.15, 0.2) is 0 Å². The summed E-state index contributed by atoms with van der Waals surface area (Å²) in [7, 11) is 0. The Balaban J connectivity index is 2.73. The van der Waals surface area contributed by atoms with Crippen LogP contribution in [-0.2, 0) is 0 Å². The van der Waals surface area contributed by atoms with Gasteiger partial charge in [0.2, 0.25) is 0 Å².